The van der Waals surface area contributed by atoms with Crippen LogP contribution in [0.15, 0.2) is 48.5 Å². The summed E-state index contributed by atoms with van der Waals surface area (Å²) < 4.78 is 2.31. The summed E-state index contributed by atoms with van der Waals surface area (Å²) in [5.41, 5.74) is 4.66. The molecular weight excluding hydrogens is 438 g/mol. The minimum Gasteiger partial charge on any atom is -0.356 e. The molecule has 5 rings (SSSR count). The van der Waals surface area contributed by atoms with Gasteiger partial charge >= 0.3 is 0 Å². The van der Waals surface area contributed by atoms with Crippen molar-refractivity contribution >= 4 is 28.8 Å². The number of nitrogens with zero attached hydrogens (tertiary/aromatic N) is 4. The fourth-order valence-corrected chi connectivity index (χ4v) is 5.24. The Bertz CT molecular complexity index is 1180. The molecule has 0 unspecified atom stereocenters. The zero-order chi connectivity index (χ0) is 24.2. The van der Waals surface area contributed by atoms with Crippen molar-refractivity contribution in [2.24, 2.45) is 5.92 Å². The summed E-state index contributed by atoms with van der Waals surface area (Å²) in [4.78, 5) is 33.7. The maximum absolute atomic E-state index is 12.7. The lowest BCUT2D eigenvalue weighted by atomic mass is 9.96. The summed E-state index contributed by atoms with van der Waals surface area (Å²) in [7, 11) is 0. The number of hydrogen-bond acceptors (Lipinski definition) is 4. The lowest BCUT2D eigenvalue weighted by Crippen LogP contribution is -2.42. The second kappa shape index (κ2) is 10.5. The Kier molecular flexibility index (Phi) is 7.02. The number of aryl methyl sites for hydroxylation is 1. The molecule has 2 fully saturated rings. The second-order valence-electron chi connectivity index (χ2n) is 9.86. The van der Waals surface area contributed by atoms with Gasteiger partial charge in [0.25, 0.3) is 0 Å². The van der Waals surface area contributed by atoms with Crippen molar-refractivity contribution in [1.29, 1.82) is 0 Å². The van der Waals surface area contributed by atoms with Crippen LogP contribution in [0.2, 0.25) is 0 Å². The minimum absolute atomic E-state index is 0.0367. The number of anilines is 1. The van der Waals surface area contributed by atoms with Gasteiger partial charge in [0.2, 0.25) is 17.8 Å². The van der Waals surface area contributed by atoms with E-state index in [0.717, 1.165) is 75.4 Å². The maximum Gasteiger partial charge on any atom is 0.223 e. The highest BCUT2D eigenvalue weighted by molar-refractivity contribution is 5.80. The number of carbonyl (C=O) groups excluding carboxylic acids is 2. The van der Waals surface area contributed by atoms with Gasteiger partial charge < -0.3 is 19.7 Å². The summed E-state index contributed by atoms with van der Waals surface area (Å²) in [6.07, 6.45) is 4.10. The topological polar surface area (TPSA) is 70.5 Å². The van der Waals surface area contributed by atoms with E-state index in [0.29, 0.717) is 13.0 Å². The number of hydrogen-bond donors (Lipinski definition) is 1. The minimum atomic E-state index is 0.0367. The number of amides is 2. The van der Waals surface area contributed by atoms with Crippen molar-refractivity contribution in [3.05, 3.63) is 59.7 Å². The van der Waals surface area contributed by atoms with Gasteiger partial charge in [0.15, 0.2) is 0 Å². The molecule has 3 aromatic rings. The third-order valence-electron chi connectivity index (χ3n) is 7.32. The molecule has 0 spiro atoms. The number of likely N-dealkylation sites (tertiary alicyclic amines) is 1. The van der Waals surface area contributed by atoms with Crippen LogP contribution in [0.1, 0.15) is 43.2 Å². The van der Waals surface area contributed by atoms with Crippen LogP contribution >= 0.6 is 0 Å². The molecule has 1 aromatic heterocycles. The first-order valence-corrected chi connectivity index (χ1v) is 12.9. The lowest BCUT2D eigenvalue weighted by Gasteiger charge is -2.32. The summed E-state index contributed by atoms with van der Waals surface area (Å²) in [6, 6.07) is 17.0. The fraction of sp³-hybridized carbons (Fsp3) is 0.464. The van der Waals surface area contributed by atoms with E-state index >= 15 is 0 Å². The highest BCUT2D eigenvalue weighted by Gasteiger charge is 2.28. The number of para-hydroxylation sites is 2. The maximum atomic E-state index is 12.7. The van der Waals surface area contributed by atoms with E-state index in [2.05, 4.69) is 64.2 Å². The zero-order valence-electron chi connectivity index (χ0n) is 20.6. The van der Waals surface area contributed by atoms with Crippen LogP contribution in [0.4, 0.5) is 5.95 Å². The summed E-state index contributed by atoms with van der Waals surface area (Å²) >= 11 is 0. The summed E-state index contributed by atoms with van der Waals surface area (Å²) in [5, 5.41) is 3.10. The van der Waals surface area contributed by atoms with E-state index in [1.807, 2.05) is 11.0 Å². The third kappa shape index (κ3) is 5.34. The molecule has 1 N–H and O–H groups in total. The monoisotopic (exact) mass is 473 g/mol. The first-order valence-electron chi connectivity index (χ1n) is 12.9. The van der Waals surface area contributed by atoms with Gasteiger partial charge in [-0.1, -0.05) is 42.0 Å². The largest absolute Gasteiger partial charge is 0.356 e. The van der Waals surface area contributed by atoms with E-state index < -0.39 is 0 Å². The molecule has 7 nitrogen and oxygen atoms in total. The van der Waals surface area contributed by atoms with Crippen LogP contribution in [0, 0.1) is 12.8 Å². The van der Waals surface area contributed by atoms with E-state index in [9.17, 15) is 9.59 Å². The van der Waals surface area contributed by atoms with Crippen molar-refractivity contribution < 1.29 is 9.59 Å². The Balaban J connectivity index is 1.19. The highest BCUT2D eigenvalue weighted by Crippen LogP contribution is 2.28. The van der Waals surface area contributed by atoms with Crippen molar-refractivity contribution in [2.45, 2.75) is 45.6 Å². The summed E-state index contributed by atoms with van der Waals surface area (Å²) in [6.45, 7) is 6.76. The van der Waals surface area contributed by atoms with Gasteiger partial charge in [0.05, 0.1) is 17.6 Å². The van der Waals surface area contributed by atoms with Gasteiger partial charge in [0, 0.05) is 45.1 Å². The van der Waals surface area contributed by atoms with Gasteiger partial charge in [-0.2, -0.15) is 0 Å². The van der Waals surface area contributed by atoms with Crippen molar-refractivity contribution in [1.82, 2.24) is 19.8 Å². The number of imidazole rings is 1. The van der Waals surface area contributed by atoms with Crippen LogP contribution < -0.4 is 10.2 Å². The normalized spacial score (nSPS) is 16.9. The number of rotatable bonds is 8. The predicted octanol–water partition coefficient (Wildman–Crippen LogP) is 3.74. The van der Waals surface area contributed by atoms with Gasteiger partial charge in [-0.3, -0.25) is 9.59 Å². The molecule has 7 heteroatoms. The van der Waals surface area contributed by atoms with E-state index in [1.54, 1.807) is 0 Å². The molecule has 2 aromatic carbocycles. The Labute approximate surface area is 207 Å². The molecule has 2 aliphatic rings. The average molecular weight is 474 g/mol. The smallest absolute Gasteiger partial charge is 0.223 e. The zero-order valence-corrected chi connectivity index (χ0v) is 20.6. The van der Waals surface area contributed by atoms with Gasteiger partial charge in [-0.05, 0) is 50.3 Å². The molecule has 2 amide bonds. The SMILES string of the molecule is Cc1ccc(Cn2c(N3CCC(C(=O)NCCCN4CCCC4=O)CC3)nc3ccccc32)cc1. The van der Waals surface area contributed by atoms with Crippen LogP contribution in [-0.2, 0) is 16.1 Å². The number of carbonyl (C=O) groups is 2. The molecular formula is C28H35N5O2. The Morgan fingerprint density at radius 3 is 2.57 bits per heavy atom. The van der Waals surface area contributed by atoms with Gasteiger partial charge in [-0.25, -0.2) is 4.98 Å². The Morgan fingerprint density at radius 1 is 1.06 bits per heavy atom. The number of nitrogens with one attached hydrogen (secondary N) is 1. The van der Waals surface area contributed by atoms with Crippen molar-refractivity contribution in [3.8, 4) is 0 Å². The van der Waals surface area contributed by atoms with E-state index in [4.69, 9.17) is 4.98 Å². The summed E-state index contributed by atoms with van der Waals surface area (Å²) in [5.74, 6) is 1.41. The lowest BCUT2D eigenvalue weighted by molar-refractivity contribution is -0.127. The van der Waals surface area contributed by atoms with Crippen LogP contribution in [0.5, 0.6) is 0 Å². The molecule has 0 radical (unpaired) electrons. The first-order chi connectivity index (χ1) is 17.1. The highest BCUT2D eigenvalue weighted by atomic mass is 16.2. The van der Waals surface area contributed by atoms with Crippen molar-refractivity contribution in [2.75, 3.05) is 37.6 Å². The molecule has 2 aliphatic heterocycles. The van der Waals surface area contributed by atoms with Crippen LogP contribution in [0.25, 0.3) is 11.0 Å². The third-order valence-corrected chi connectivity index (χ3v) is 7.32. The number of aromatic nitrogens is 2. The predicted molar refractivity (Wildman–Crippen MR) is 138 cm³/mol. The first kappa shape index (κ1) is 23.4. The number of piperidine rings is 1. The molecule has 0 atom stereocenters. The Hall–Kier alpha value is -3.35. The molecule has 184 valence electrons. The van der Waals surface area contributed by atoms with Gasteiger partial charge in [-0.15, -0.1) is 0 Å². The van der Waals surface area contributed by atoms with E-state index in [1.165, 1.54) is 11.1 Å². The number of fused-ring (bicyclic) bond motifs is 1. The molecule has 3 heterocycles. The molecule has 2 saturated heterocycles. The molecule has 0 saturated carbocycles. The van der Waals surface area contributed by atoms with Gasteiger partial charge in [0.1, 0.15) is 0 Å². The Morgan fingerprint density at radius 2 is 1.83 bits per heavy atom. The van der Waals surface area contributed by atoms with E-state index in [-0.39, 0.29) is 17.7 Å². The van der Waals surface area contributed by atoms with Crippen molar-refractivity contribution in [3.63, 3.8) is 0 Å². The fourth-order valence-electron chi connectivity index (χ4n) is 5.24. The average Bonchev–Trinajstić information content (AvgIpc) is 3.46. The van der Waals surface area contributed by atoms with Crippen LogP contribution in [0.3, 0.4) is 0 Å². The quantitative estimate of drug-likeness (QED) is 0.506. The molecule has 35 heavy (non-hydrogen) atoms. The molecule has 0 bridgehead atoms. The van der Waals surface area contributed by atoms with Crippen LogP contribution in [-0.4, -0.2) is 59.0 Å². The number of benzene rings is 2. The molecule has 0 aliphatic carbocycles. The standard InChI is InChI=1S/C28H35N5O2/c1-21-9-11-22(12-10-21)20-33-25-7-3-2-6-24(25)30-28(33)32-18-13-23(14-19-32)27(35)29-15-5-17-31-16-4-8-26(31)34/h2-3,6-7,9-12,23H,4-5,8,13-20H2,1H3,(H,29,35). The second-order valence-corrected chi connectivity index (χ2v) is 9.86.